The number of hydrogen-bond acceptors (Lipinski definition) is 3. The summed E-state index contributed by atoms with van der Waals surface area (Å²) in [5.41, 5.74) is 5.72. The van der Waals surface area contributed by atoms with Crippen LogP contribution in [0.2, 0.25) is 5.02 Å². The second-order valence-corrected chi connectivity index (χ2v) is 7.03. The van der Waals surface area contributed by atoms with E-state index < -0.39 is 10.0 Å². The first kappa shape index (κ1) is 14.8. The molecule has 1 fully saturated rings. The van der Waals surface area contributed by atoms with Crippen molar-refractivity contribution in [3.63, 3.8) is 0 Å². The van der Waals surface area contributed by atoms with Gasteiger partial charge in [-0.2, -0.15) is 0 Å². The van der Waals surface area contributed by atoms with E-state index in [0.717, 1.165) is 25.7 Å². The fourth-order valence-corrected chi connectivity index (χ4v) is 4.43. The Labute approximate surface area is 119 Å². The average Bonchev–Trinajstić information content (AvgIpc) is 2.39. The first-order valence-corrected chi connectivity index (χ1v) is 8.37. The third-order valence-corrected chi connectivity index (χ3v) is 5.63. The Balaban J connectivity index is 2.19. The molecule has 1 aliphatic rings. The fourth-order valence-electron chi connectivity index (χ4n) is 2.57. The minimum absolute atomic E-state index is 0.0833. The van der Waals surface area contributed by atoms with E-state index in [1.807, 2.05) is 0 Å². The molecule has 6 heteroatoms. The van der Waals surface area contributed by atoms with Gasteiger partial charge in [-0.25, -0.2) is 13.1 Å². The molecule has 1 aromatic carbocycles. The van der Waals surface area contributed by atoms with E-state index in [2.05, 4.69) is 4.72 Å². The lowest BCUT2D eigenvalue weighted by Gasteiger charge is -2.31. The normalized spacial score (nSPS) is 24.3. The van der Waals surface area contributed by atoms with Crippen LogP contribution in [-0.4, -0.2) is 21.0 Å². The highest BCUT2D eigenvalue weighted by Crippen LogP contribution is 2.26. The van der Waals surface area contributed by atoms with Gasteiger partial charge in [0.15, 0.2) is 0 Å². The number of rotatable bonds is 4. The standard InChI is InChI=1S/C13H19ClN2O2S/c14-11-6-2-4-8-13(11)19(17,18)16-12-7-3-1-5-10(12)9-15/h2,4,6,8,10,12,16H,1,3,5,7,9,15H2. The van der Waals surface area contributed by atoms with Gasteiger partial charge in [0, 0.05) is 6.04 Å². The SMILES string of the molecule is NCC1CCCCC1NS(=O)(=O)c1ccccc1Cl. The van der Waals surface area contributed by atoms with Crippen LogP contribution in [0.25, 0.3) is 0 Å². The Morgan fingerprint density at radius 1 is 1.26 bits per heavy atom. The monoisotopic (exact) mass is 302 g/mol. The van der Waals surface area contributed by atoms with Gasteiger partial charge in [0.1, 0.15) is 4.90 Å². The Bertz CT molecular complexity index is 533. The Kier molecular flexibility index (Phi) is 4.84. The van der Waals surface area contributed by atoms with Gasteiger partial charge in [-0.1, -0.05) is 36.6 Å². The van der Waals surface area contributed by atoms with Crippen molar-refractivity contribution in [1.82, 2.24) is 4.72 Å². The summed E-state index contributed by atoms with van der Waals surface area (Å²) in [5, 5.41) is 0.245. The molecule has 1 aliphatic carbocycles. The van der Waals surface area contributed by atoms with Crippen molar-refractivity contribution in [3.8, 4) is 0 Å². The molecule has 2 rings (SSSR count). The molecule has 2 unspecified atom stereocenters. The molecule has 0 spiro atoms. The number of halogens is 1. The summed E-state index contributed by atoms with van der Waals surface area (Å²) in [7, 11) is -3.57. The lowest BCUT2D eigenvalue weighted by Crippen LogP contribution is -2.44. The fraction of sp³-hybridized carbons (Fsp3) is 0.538. The molecule has 0 radical (unpaired) electrons. The van der Waals surface area contributed by atoms with E-state index in [1.165, 1.54) is 6.07 Å². The van der Waals surface area contributed by atoms with E-state index in [4.69, 9.17) is 17.3 Å². The molecule has 0 bridgehead atoms. The maximum Gasteiger partial charge on any atom is 0.242 e. The molecule has 0 aromatic heterocycles. The predicted molar refractivity (Wildman–Crippen MR) is 76.6 cm³/mol. The van der Waals surface area contributed by atoms with Crippen LogP contribution >= 0.6 is 11.6 Å². The van der Waals surface area contributed by atoms with Gasteiger partial charge < -0.3 is 5.73 Å². The molecule has 2 atom stereocenters. The van der Waals surface area contributed by atoms with Crippen LogP contribution in [-0.2, 0) is 10.0 Å². The molecular formula is C13H19ClN2O2S. The van der Waals surface area contributed by atoms with E-state index in [-0.39, 0.29) is 21.9 Å². The van der Waals surface area contributed by atoms with Crippen LogP contribution in [0.15, 0.2) is 29.2 Å². The zero-order chi connectivity index (χ0) is 13.9. The summed E-state index contributed by atoms with van der Waals surface area (Å²) in [6, 6.07) is 6.40. The molecule has 0 aliphatic heterocycles. The minimum Gasteiger partial charge on any atom is -0.330 e. The average molecular weight is 303 g/mol. The Morgan fingerprint density at radius 2 is 1.95 bits per heavy atom. The first-order chi connectivity index (χ1) is 9.04. The number of nitrogens with one attached hydrogen (secondary N) is 1. The van der Waals surface area contributed by atoms with Gasteiger partial charge in [-0.05, 0) is 37.4 Å². The van der Waals surface area contributed by atoms with Crippen LogP contribution in [0.3, 0.4) is 0 Å². The second kappa shape index (κ2) is 6.22. The van der Waals surface area contributed by atoms with E-state index in [0.29, 0.717) is 6.54 Å². The maximum absolute atomic E-state index is 12.3. The zero-order valence-electron chi connectivity index (χ0n) is 10.7. The third-order valence-electron chi connectivity index (χ3n) is 3.64. The van der Waals surface area contributed by atoms with Crippen molar-refractivity contribution in [2.75, 3.05) is 6.54 Å². The van der Waals surface area contributed by atoms with E-state index in [1.54, 1.807) is 18.2 Å². The molecule has 0 amide bonds. The number of sulfonamides is 1. The molecule has 1 aromatic rings. The van der Waals surface area contributed by atoms with Crippen LogP contribution in [0.5, 0.6) is 0 Å². The molecular weight excluding hydrogens is 284 g/mol. The highest BCUT2D eigenvalue weighted by Gasteiger charge is 2.29. The smallest absolute Gasteiger partial charge is 0.242 e. The Hall–Kier alpha value is -0.620. The van der Waals surface area contributed by atoms with Gasteiger partial charge in [-0.15, -0.1) is 0 Å². The topological polar surface area (TPSA) is 72.2 Å². The summed E-state index contributed by atoms with van der Waals surface area (Å²) in [6.07, 6.45) is 3.97. The van der Waals surface area contributed by atoms with Crippen molar-refractivity contribution < 1.29 is 8.42 Å². The van der Waals surface area contributed by atoms with Crippen LogP contribution < -0.4 is 10.5 Å². The summed E-state index contributed by atoms with van der Waals surface area (Å²) in [4.78, 5) is 0.137. The molecule has 106 valence electrons. The number of nitrogens with two attached hydrogens (primary N) is 1. The Morgan fingerprint density at radius 3 is 2.63 bits per heavy atom. The molecule has 4 nitrogen and oxygen atoms in total. The summed E-state index contributed by atoms with van der Waals surface area (Å²) >= 11 is 5.95. The number of hydrogen-bond donors (Lipinski definition) is 2. The largest absolute Gasteiger partial charge is 0.330 e. The molecule has 3 N–H and O–H groups in total. The molecule has 0 heterocycles. The van der Waals surface area contributed by atoms with Gasteiger partial charge in [0.25, 0.3) is 0 Å². The first-order valence-electron chi connectivity index (χ1n) is 6.51. The third kappa shape index (κ3) is 3.48. The van der Waals surface area contributed by atoms with Gasteiger partial charge in [-0.3, -0.25) is 0 Å². The second-order valence-electron chi connectivity index (χ2n) is 4.94. The molecule has 1 saturated carbocycles. The van der Waals surface area contributed by atoms with Crippen LogP contribution in [0.4, 0.5) is 0 Å². The van der Waals surface area contributed by atoms with Crippen molar-refractivity contribution in [2.24, 2.45) is 11.7 Å². The number of benzene rings is 1. The van der Waals surface area contributed by atoms with Crippen molar-refractivity contribution >= 4 is 21.6 Å². The molecule has 19 heavy (non-hydrogen) atoms. The van der Waals surface area contributed by atoms with Gasteiger partial charge >= 0.3 is 0 Å². The maximum atomic E-state index is 12.3. The van der Waals surface area contributed by atoms with Crippen molar-refractivity contribution in [3.05, 3.63) is 29.3 Å². The lowest BCUT2D eigenvalue weighted by molar-refractivity contribution is 0.296. The van der Waals surface area contributed by atoms with Crippen LogP contribution in [0, 0.1) is 5.92 Å². The lowest BCUT2D eigenvalue weighted by atomic mass is 9.85. The van der Waals surface area contributed by atoms with E-state index >= 15 is 0 Å². The van der Waals surface area contributed by atoms with Crippen molar-refractivity contribution in [2.45, 2.75) is 36.6 Å². The van der Waals surface area contributed by atoms with E-state index in [9.17, 15) is 8.42 Å². The summed E-state index contributed by atoms with van der Waals surface area (Å²) in [5.74, 6) is 0.214. The van der Waals surface area contributed by atoms with Gasteiger partial charge in [0.05, 0.1) is 5.02 Å². The molecule has 0 saturated heterocycles. The highest BCUT2D eigenvalue weighted by molar-refractivity contribution is 7.89. The van der Waals surface area contributed by atoms with Gasteiger partial charge in [0.2, 0.25) is 10.0 Å². The summed E-state index contributed by atoms with van der Waals surface area (Å²) in [6.45, 7) is 0.510. The zero-order valence-corrected chi connectivity index (χ0v) is 12.3. The highest BCUT2D eigenvalue weighted by atomic mass is 35.5. The predicted octanol–water partition coefficient (Wildman–Crippen LogP) is 2.14. The summed E-state index contributed by atoms with van der Waals surface area (Å²) < 4.78 is 27.5. The van der Waals surface area contributed by atoms with Crippen LogP contribution in [0.1, 0.15) is 25.7 Å². The quantitative estimate of drug-likeness (QED) is 0.895. The minimum atomic E-state index is -3.57. The van der Waals surface area contributed by atoms with Crippen molar-refractivity contribution in [1.29, 1.82) is 0 Å².